The van der Waals surface area contributed by atoms with E-state index in [4.69, 9.17) is 33.2 Å². The van der Waals surface area contributed by atoms with Gasteiger partial charge in [0.1, 0.15) is 97.5 Å². The minimum absolute atomic E-state index is 0.677. The summed E-state index contributed by atoms with van der Waals surface area (Å²) in [5.41, 5.74) is 0. The Labute approximate surface area is 289 Å². The molecule has 23 nitrogen and oxygen atoms in total. The van der Waals surface area contributed by atoms with E-state index >= 15 is 0 Å². The molecule has 0 unspecified atom stereocenters. The predicted octanol–water partition coefficient (Wildman–Crippen LogP) is -9.46. The molecule has 4 heterocycles. The molecule has 296 valence electrons. The second kappa shape index (κ2) is 18.0. The summed E-state index contributed by atoms with van der Waals surface area (Å²) in [4.78, 5) is 23.5. The minimum Gasteiger partial charge on any atom is -0.394 e. The smallest absolute Gasteiger partial charge is 0.217 e. The third-order valence-electron chi connectivity index (χ3n) is 9.01. The monoisotopic (exact) mass is 748 g/mol. The molecule has 4 aliphatic heterocycles. The molecule has 4 aliphatic rings. The largest absolute Gasteiger partial charge is 0.394 e. The molecule has 2 amide bonds. The van der Waals surface area contributed by atoms with Crippen molar-refractivity contribution in [2.45, 2.75) is 137 Å². The van der Waals surface area contributed by atoms with Gasteiger partial charge in [0.25, 0.3) is 0 Å². The lowest BCUT2D eigenvalue weighted by atomic mass is 9.94. The van der Waals surface area contributed by atoms with Crippen LogP contribution < -0.4 is 10.6 Å². The molecule has 0 aromatic carbocycles. The van der Waals surface area contributed by atoms with E-state index in [1.807, 2.05) is 0 Å². The van der Waals surface area contributed by atoms with Gasteiger partial charge in [-0.25, -0.2) is 0 Å². The summed E-state index contributed by atoms with van der Waals surface area (Å²) in [6.07, 6.45) is -31.4. The van der Waals surface area contributed by atoms with Gasteiger partial charge in [0.05, 0.1) is 26.4 Å². The van der Waals surface area contributed by atoms with Crippen LogP contribution in [0.3, 0.4) is 0 Å². The molecule has 0 bridgehead atoms. The molecule has 51 heavy (non-hydrogen) atoms. The highest BCUT2D eigenvalue weighted by Gasteiger charge is 2.55. The Kier molecular flexibility index (Phi) is 14.8. The lowest BCUT2D eigenvalue weighted by Crippen LogP contribution is -2.69. The zero-order chi connectivity index (χ0) is 37.9. The van der Waals surface area contributed by atoms with Crippen LogP contribution in [0.1, 0.15) is 13.8 Å². The molecule has 0 saturated carbocycles. The maximum absolute atomic E-state index is 11.8. The highest BCUT2D eigenvalue weighted by atomic mass is 16.8. The summed E-state index contributed by atoms with van der Waals surface area (Å²) in [5, 5.41) is 130. The Hall–Kier alpha value is -1.82. The number of rotatable bonds is 12. The van der Waals surface area contributed by atoms with Crippen molar-refractivity contribution in [1.82, 2.24) is 10.6 Å². The maximum atomic E-state index is 11.8. The van der Waals surface area contributed by atoms with Crippen molar-refractivity contribution >= 4 is 11.8 Å². The fourth-order valence-corrected chi connectivity index (χ4v) is 6.35. The predicted molar refractivity (Wildman–Crippen MR) is 157 cm³/mol. The van der Waals surface area contributed by atoms with E-state index in [1.165, 1.54) is 0 Å². The molecule has 0 radical (unpaired) electrons. The van der Waals surface area contributed by atoms with Crippen LogP contribution in [-0.4, -0.2) is 222 Å². The molecule has 4 saturated heterocycles. The first-order valence-electron chi connectivity index (χ1n) is 16.1. The molecule has 0 spiro atoms. The summed E-state index contributed by atoms with van der Waals surface area (Å²) in [6.45, 7) is -1.22. The summed E-state index contributed by atoms with van der Waals surface area (Å²) in [6, 6.07) is -2.91. The molecule has 14 N–H and O–H groups in total. The summed E-state index contributed by atoms with van der Waals surface area (Å²) >= 11 is 0. The van der Waals surface area contributed by atoms with Gasteiger partial charge in [-0.15, -0.1) is 0 Å². The molecule has 20 atom stereocenters. The zero-order valence-electron chi connectivity index (χ0n) is 27.4. The Balaban J connectivity index is 1.48. The van der Waals surface area contributed by atoms with Crippen LogP contribution in [0.15, 0.2) is 0 Å². The first-order valence-corrected chi connectivity index (χ1v) is 16.1. The Morgan fingerprint density at radius 3 is 1.31 bits per heavy atom. The minimum atomic E-state index is -2.05. The van der Waals surface area contributed by atoms with Gasteiger partial charge < -0.3 is 105 Å². The van der Waals surface area contributed by atoms with Crippen LogP contribution in [0.2, 0.25) is 0 Å². The quantitative estimate of drug-likeness (QED) is 0.0881. The lowest BCUT2D eigenvalue weighted by molar-refractivity contribution is -0.381. The van der Waals surface area contributed by atoms with Gasteiger partial charge in [0.15, 0.2) is 25.2 Å². The van der Waals surface area contributed by atoms with Gasteiger partial charge >= 0.3 is 0 Å². The van der Waals surface area contributed by atoms with Crippen molar-refractivity contribution in [3.8, 4) is 0 Å². The number of nitrogens with one attached hydrogen (secondary N) is 2. The van der Waals surface area contributed by atoms with E-state index < -0.39 is 161 Å². The van der Waals surface area contributed by atoms with E-state index in [9.17, 15) is 70.9 Å². The van der Waals surface area contributed by atoms with Crippen LogP contribution in [-0.2, 0) is 42.7 Å². The number of carbonyl (C=O) groups is 2. The SMILES string of the molecule is CC(=O)N[C@@H]1[C@@H](O[C@@H]2O[C@H](CO)[C@H](O[C@H]3O[C@H](CO)[C@@H](O[C@H]4O[C@H](CO)[C@H](O)[C@H](O)[C@H]4NC(C)=O)[C@H](O)[C@H]3O)[C@H](O)[C@H]2O)[C@@H](O)[C@@H](CO)O[C@H]1O. The van der Waals surface area contributed by atoms with Crippen LogP contribution in [0.4, 0.5) is 0 Å². The highest BCUT2D eigenvalue weighted by Crippen LogP contribution is 2.34. The third-order valence-corrected chi connectivity index (χ3v) is 9.01. The Morgan fingerprint density at radius 2 is 0.863 bits per heavy atom. The van der Waals surface area contributed by atoms with Gasteiger partial charge in [0, 0.05) is 13.8 Å². The fourth-order valence-electron chi connectivity index (χ4n) is 6.35. The van der Waals surface area contributed by atoms with E-state index in [0.29, 0.717) is 0 Å². The molecular weight excluding hydrogens is 700 g/mol. The first kappa shape index (κ1) is 41.9. The molecule has 0 aromatic heterocycles. The van der Waals surface area contributed by atoms with Crippen molar-refractivity contribution < 1.29 is 104 Å². The van der Waals surface area contributed by atoms with E-state index in [2.05, 4.69) is 10.6 Å². The second-order valence-electron chi connectivity index (χ2n) is 12.6. The molecule has 0 aliphatic carbocycles. The number of hydrogen-bond donors (Lipinski definition) is 14. The van der Waals surface area contributed by atoms with Crippen molar-refractivity contribution in [3.63, 3.8) is 0 Å². The van der Waals surface area contributed by atoms with Crippen LogP contribution in [0.25, 0.3) is 0 Å². The molecule has 0 aromatic rings. The van der Waals surface area contributed by atoms with Crippen LogP contribution >= 0.6 is 0 Å². The van der Waals surface area contributed by atoms with Crippen LogP contribution in [0.5, 0.6) is 0 Å². The Morgan fingerprint density at radius 1 is 0.471 bits per heavy atom. The fraction of sp³-hybridized carbons (Fsp3) is 0.929. The van der Waals surface area contributed by atoms with E-state index in [-0.39, 0.29) is 0 Å². The third kappa shape index (κ3) is 9.11. The van der Waals surface area contributed by atoms with Gasteiger partial charge in [-0.05, 0) is 0 Å². The van der Waals surface area contributed by atoms with Crippen molar-refractivity contribution in [3.05, 3.63) is 0 Å². The number of ether oxygens (including phenoxy) is 7. The number of aliphatic hydroxyl groups excluding tert-OH is 12. The first-order chi connectivity index (χ1) is 24.1. The second-order valence-corrected chi connectivity index (χ2v) is 12.6. The zero-order valence-corrected chi connectivity index (χ0v) is 27.4. The van der Waals surface area contributed by atoms with E-state index in [0.717, 1.165) is 13.8 Å². The van der Waals surface area contributed by atoms with Crippen LogP contribution in [0, 0.1) is 0 Å². The number of carbonyl (C=O) groups excluding carboxylic acids is 2. The topological polar surface area (TPSA) is 366 Å². The van der Waals surface area contributed by atoms with Crippen molar-refractivity contribution in [2.24, 2.45) is 0 Å². The average molecular weight is 749 g/mol. The molecular formula is C28H48N2O21. The van der Waals surface area contributed by atoms with Crippen molar-refractivity contribution in [1.29, 1.82) is 0 Å². The number of amides is 2. The number of aliphatic hydroxyl groups is 12. The molecule has 23 heteroatoms. The van der Waals surface area contributed by atoms with E-state index in [1.54, 1.807) is 0 Å². The summed E-state index contributed by atoms with van der Waals surface area (Å²) in [7, 11) is 0. The normalized spacial score (nSPS) is 47.8. The highest BCUT2D eigenvalue weighted by molar-refractivity contribution is 5.73. The lowest BCUT2D eigenvalue weighted by Gasteiger charge is -2.49. The standard InChI is InChI=1S/C28H48N2O21/c1-7(35)29-13-17(39)15(37)9(3-31)46-26(13)49-22-11(5-33)47-27(20(42)18(22)40)50-23-12(6-34)48-28(21(43)19(23)41)51-24-14(30-8(2)36)25(44)45-10(4-32)16(24)38/h9-28,31-34,37-44H,3-6H2,1-2H3,(H,29,35)(H,30,36)/t9-,10-,11-,12-,13-,14-,15+,16+,17-,18-,19-,20-,21-,22-,23+,24-,25-,26-,27-,28+/m1/s1. The van der Waals surface area contributed by atoms with Crippen molar-refractivity contribution in [2.75, 3.05) is 26.4 Å². The number of hydrogen-bond acceptors (Lipinski definition) is 21. The molecule has 4 rings (SSSR count). The van der Waals surface area contributed by atoms with Gasteiger partial charge in [-0.1, -0.05) is 0 Å². The Bertz CT molecular complexity index is 1140. The van der Waals surface area contributed by atoms with Gasteiger partial charge in [-0.3, -0.25) is 9.59 Å². The average Bonchev–Trinajstić information content (AvgIpc) is 3.09. The van der Waals surface area contributed by atoms with Gasteiger partial charge in [-0.2, -0.15) is 0 Å². The summed E-state index contributed by atoms with van der Waals surface area (Å²) in [5.74, 6) is -1.35. The maximum Gasteiger partial charge on any atom is 0.217 e. The molecule has 4 fully saturated rings. The summed E-state index contributed by atoms with van der Waals surface area (Å²) < 4.78 is 38.8. The van der Waals surface area contributed by atoms with Gasteiger partial charge in [0.2, 0.25) is 11.8 Å².